The summed E-state index contributed by atoms with van der Waals surface area (Å²) < 4.78 is 0. The van der Waals surface area contributed by atoms with Gasteiger partial charge in [-0.25, -0.2) is 4.79 Å². The summed E-state index contributed by atoms with van der Waals surface area (Å²) in [6, 6.07) is 5.79. The van der Waals surface area contributed by atoms with Gasteiger partial charge in [-0.05, 0) is 43.4 Å². The number of nitrogens with zero attached hydrogens (tertiary/aromatic N) is 1. The summed E-state index contributed by atoms with van der Waals surface area (Å²) in [5, 5.41) is 0.777. The molecule has 1 aromatic rings. The Morgan fingerprint density at radius 2 is 2.33 bits per heavy atom. The molecule has 1 aliphatic rings. The Morgan fingerprint density at radius 3 is 3.07 bits per heavy atom. The number of fused-ring (bicyclic) bond motifs is 1. The number of benzene rings is 1. The molecule has 0 saturated carbocycles. The van der Waals surface area contributed by atoms with Crippen molar-refractivity contribution in [2.75, 3.05) is 0 Å². The summed E-state index contributed by atoms with van der Waals surface area (Å²) in [5.41, 5.74) is 1.77. The van der Waals surface area contributed by atoms with Crippen LogP contribution in [0, 0.1) is 0 Å². The highest BCUT2D eigenvalue weighted by Crippen LogP contribution is 2.40. The molecule has 0 amide bonds. The highest BCUT2D eigenvalue weighted by molar-refractivity contribution is 6.31. The fraction of sp³-hybridized carbons (Fsp3) is 0.417. The minimum atomic E-state index is -0.430. The molecule has 15 heavy (non-hydrogen) atoms. The monoisotopic (exact) mass is 221 g/mol. The maximum absolute atomic E-state index is 10.4. The Labute approximate surface area is 94.0 Å². The lowest BCUT2D eigenvalue weighted by atomic mass is 9.78. The maximum atomic E-state index is 10.4. The Hall–Kier alpha value is -1.11. The molecular weight excluding hydrogens is 210 g/mol. The van der Waals surface area contributed by atoms with Crippen LogP contribution in [0.15, 0.2) is 23.2 Å². The molecule has 0 bridgehead atoms. The van der Waals surface area contributed by atoms with Gasteiger partial charge in [-0.3, -0.25) is 0 Å². The maximum Gasteiger partial charge on any atom is 0.235 e. The molecule has 1 atom stereocenters. The first-order valence-corrected chi connectivity index (χ1v) is 5.42. The number of hydrogen-bond acceptors (Lipinski definition) is 2. The van der Waals surface area contributed by atoms with E-state index < -0.39 is 5.54 Å². The van der Waals surface area contributed by atoms with Crippen LogP contribution in [0.1, 0.15) is 30.9 Å². The first-order valence-electron chi connectivity index (χ1n) is 5.04. The molecule has 1 unspecified atom stereocenters. The molecule has 3 heteroatoms. The standard InChI is InChI=1S/C12H12ClNO/c1-12(14-8-15)7-3-4-9-10(12)5-2-6-11(9)13/h2,5-6H,3-4,7H2,1H3. The molecule has 0 spiro atoms. The lowest BCUT2D eigenvalue weighted by Gasteiger charge is -2.31. The highest BCUT2D eigenvalue weighted by atomic mass is 35.5. The van der Waals surface area contributed by atoms with E-state index >= 15 is 0 Å². The van der Waals surface area contributed by atoms with Crippen LogP contribution in [0.3, 0.4) is 0 Å². The summed E-state index contributed by atoms with van der Waals surface area (Å²) in [6.07, 6.45) is 4.54. The quantitative estimate of drug-likeness (QED) is 0.529. The van der Waals surface area contributed by atoms with Crippen molar-refractivity contribution in [3.8, 4) is 0 Å². The van der Waals surface area contributed by atoms with Gasteiger partial charge in [-0.1, -0.05) is 23.7 Å². The largest absolute Gasteiger partial charge is 0.235 e. The van der Waals surface area contributed by atoms with Gasteiger partial charge in [0, 0.05) is 5.02 Å². The van der Waals surface area contributed by atoms with E-state index in [1.54, 1.807) is 6.08 Å². The van der Waals surface area contributed by atoms with E-state index in [9.17, 15) is 4.79 Å². The number of aliphatic imine (C=N–C) groups is 1. The van der Waals surface area contributed by atoms with Gasteiger partial charge in [0.05, 0.1) is 5.54 Å². The van der Waals surface area contributed by atoms with Crippen LogP contribution in [0.25, 0.3) is 0 Å². The van der Waals surface area contributed by atoms with E-state index in [-0.39, 0.29) is 0 Å². The summed E-state index contributed by atoms with van der Waals surface area (Å²) >= 11 is 6.13. The van der Waals surface area contributed by atoms with Gasteiger partial charge in [0.2, 0.25) is 6.08 Å². The second kappa shape index (κ2) is 3.80. The van der Waals surface area contributed by atoms with Crippen LogP contribution < -0.4 is 0 Å². The number of carbonyl (C=O) groups excluding carboxylic acids is 1. The van der Waals surface area contributed by atoms with Crippen molar-refractivity contribution in [3.05, 3.63) is 34.3 Å². The predicted molar refractivity (Wildman–Crippen MR) is 59.9 cm³/mol. The third-order valence-electron chi connectivity index (χ3n) is 3.08. The molecule has 2 nitrogen and oxygen atoms in total. The van der Waals surface area contributed by atoms with Crippen LogP contribution >= 0.6 is 11.6 Å². The van der Waals surface area contributed by atoms with Crippen LogP contribution in [0.2, 0.25) is 5.02 Å². The highest BCUT2D eigenvalue weighted by Gasteiger charge is 2.32. The van der Waals surface area contributed by atoms with Crippen molar-refractivity contribution in [1.29, 1.82) is 0 Å². The van der Waals surface area contributed by atoms with Gasteiger partial charge in [0.1, 0.15) is 0 Å². The fourth-order valence-electron chi connectivity index (χ4n) is 2.28. The van der Waals surface area contributed by atoms with Crippen LogP contribution in [0.4, 0.5) is 0 Å². The minimum absolute atomic E-state index is 0.430. The Kier molecular flexibility index (Phi) is 2.64. The normalized spacial score (nSPS) is 24.1. The molecular formula is C12H12ClNO. The topological polar surface area (TPSA) is 29.4 Å². The SMILES string of the molecule is CC1(N=C=O)CCCc2c(Cl)cccc21. The van der Waals surface area contributed by atoms with Gasteiger partial charge >= 0.3 is 0 Å². The fourth-order valence-corrected chi connectivity index (χ4v) is 2.55. The third kappa shape index (κ3) is 1.71. The Balaban J connectivity index is 2.61. The van der Waals surface area contributed by atoms with E-state index in [2.05, 4.69) is 4.99 Å². The molecule has 1 aliphatic carbocycles. The molecule has 0 radical (unpaired) electrons. The lowest BCUT2D eigenvalue weighted by Crippen LogP contribution is -2.25. The van der Waals surface area contributed by atoms with Gasteiger partial charge in [-0.2, -0.15) is 4.99 Å². The van der Waals surface area contributed by atoms with Crippen LogP contribution in [-0.2, 0) is 16.8 Å². The first-order chi connectivity index (χ1) is 7.17. The minimum Gasteiger partial charge on any atom is -0.211 e. The van der Waals surface area contributed by atoms with Gasteiger partial charge in [0.15, 0.2) is 0 Å². The van der Waals surface area contributed by atoms with Crippen LogP contribution in [0.5, 0.6) is 0 Å². The molecule has 0 aliphatic heterocycles. The molecule has 1 aromatic carbocycles. The average molecular weight is 222 g/mol. The molecule has 0 aromatic heterocycles. The number of rotatable bonds is 1. The molecule has 78 valence electrons. The summed E-state index contributed by atoms with van der Waals surface area (Å²) in [4.78, 5) is 14.4. The molecule has 0 saturated heterocycles. The molecule has 0 N–H and O–H groups in total. The zero-order chi connectivity index (χ0) is 10.9. The molecule has 2 rings (SSSR count). The summed E-state index contributed by atoms with van der Waals surface area (Å²) in [6.45, 7) is 1.96. The van der Waals surface area contributed by atoms with E-state index in [0.717, 1.165) is 35.4 Å². The smallest absolute Gasteiger partial charge is 0.211 e. The second-order valence-electron chi connectivity index (χ2n) is 4.10. The van der Waals surface area contributed by atoms with Crippen molar-refractivity contribution in [1.82, 2.24) is 0 Å². The van der Waals surface area contributed by atoms with Gasteiger partial charge in [-0.15, -0.1) is 0 Å². The van der Waals surface area contributed by atoms with E-state index in [4.69, 9.17) is 11.6 Å². The lowest BCUT2D eigenvalue weighted by molar-refractivity contribution is 0.408. The van der Waals surface area contributed by atoms with E-state index in [1.807, 2.05) is 25.1 Å². The Bertz CT molecular complexity index is 437. The second-order valence-corrected chi connectivity index (χ2v) is 4.50. The van der Waals surface area contributed by atoms with Crippen LogP contribution in [-0.4, -0.2) is 6.08 Å². The van der Waals surface area contributed by atoms with E-state index in [1.165, 1.54) is 0 Å². The zero-order valence-electron chi connectivity index (χ0n) is 8.59. The molecule has 0 fully saturated rings. The number of hydrogen-bond donors (Lipinski definition) is 0. The zero-order valence-corrected chi connectivity index (χ0v) is 9.34. The Morgan fingerprint density at radius 1 is 1.53 bits per heavy atom. The van der Waals surface area contributed by atoms with Crippen molar-refractivity contribution < 1.29 is 4.79 Å². The van der Waals surface area contributed by atoms with Gasteiger partial charge < -0.3 is 0 Å². The number of halogens is 1. The first kappa shape index (κ1) is 10.4. The summed E-state index contributed by atoms with van der Waals surface area (Å²) in [5.74, 6) is 0. The van der Waals surface area contributed by atoms with Crippen molar-refractivity contribution in [2.24, 2.45) is 4.99 Å². The summed E-state index contributed by atoms with van der Waals surface area (Å²) in [7, 11) is 0. The van der Waals surface area contributed by atoms with Gasteiger partial charge in [0.25, 0.3) is 0 Å². The molecule has 0 heterocycles. The van der Waals surface area contributed by atoms with Crippen molar-refractivity contribution >= 4 is 17.7 Å². The van der Waals surface area contributed by atoms with Crippen molar-refractivity contribution in [2.45, 2.75) is 31.7 Å². The number of isocyanates is 1. The third-order valence-corrected chi connectivity index (χ3v) is 3.44. The average Bonchev–Trinajstić information content (AvgIpc) is 2.20. The van der Waals surface area contributed by atoms with E-state index in [0.29, 0.717) is 0 Å². The predicted octanol–water partition coefficient (Wildman–Crippen LogP) is 3.23. The van der Waals surface area contributed by atoms with Crippen molar-refractivity contribution in [3.63, 3.8) is 0 Å².